The third-order valence-corrected chi connectivity index (χ3v) is 9.50. The molecule has 1 amide bonds. The van der Waals surface area contributed by atoms with Gasteiger partial charge in [-0.05, 0) is 93.1 Å². The quantitative estimate of drug-likeness (QED) is 0.358. The molecule has 0 spiro atoms. The first-order chi connectivity index (χ1) is 18.5. The fraction of sp³-hybridized carbons (Fsp3) is 0.759. The lowest BCUT2D eigenvalue weighted by molar-refractivity contribution is -0.380. The van der Waals surface area contributed by atoms with Crippen molar-refractivity contribution in [3.8, 4) is 5.75 Å². The Morgan fingerprint density at radius 3 is 2.15 bits per heavy atom. The molecule has 11 heteroatoms. The average Bonchev–Trinajstić information content (AvgIpc) is 3.54. The Morgan fingerprint density at radius 2 is 1.60 bits per heavy atom. The lowest BCUT2D eigenvalue weighted by Gasteiger charge is -2.49. The zero-order valence-electron chi connectivity index (χ0n) is 22.7. The van der Waals surface area contributed by atoms with Gasteiger partial charge in [-0.3, -0.25) is 4.79 Å². The number of likely N-dealkylation sites (tertiary alicyclic amines) is 1. The number of halogens is 7. The molecule has 3 saturated carbocycles. The van der Waals surface area contributed by atoms with Gasteiger partial charge in [0.25, 0.3) is 11.5 Å². The first-order valence-corrected chi connectivity index (χ1v) is 14.2. The van der Waals surface area contributed by atoms with Crippen molar-refractivity contribution in [3.05, 3.63) is 29.1 Å². The van der Waals surface area contributed by atoms with Gasteiger partial charge in [0.15, 0.2) is 0 Å². The molecular formula is C29H36F7NO3. The van der Waals surface area contributed by atoms with E-state index in [1.807, 2.05) is 0 Å². The van der Waals surface area contributed by atoms with Gasteiger partial charge in [0.1, 0.15) is 11.6 Å². The third kappa shape index (κ3) is 5.20. The van der Waals surface area contributed by atoms with Crippen LogP contribution >= 0.6 is 0 Å². The lowest BCUT2D eigenvalue weighted by Crippen LogP contribution is -2.67. The van der Waals surface area contributed by atoms with Gasteiger partial charge in [-0.25, -0.2) is 4.39 Å². The van der Waals surface area contributed by atoms with E-state index < -0.39 is 54.2 Å². The molecule has 224 valence electrons. The highest BCUT2D eigenvalue weighted by Crippen LogP contribution is 2.54. The Balaban J connectivity index is 1.42. The van der Waals surface area contributed by atoms with Crippen molar-refractivity contribution in [2.45, 2.75) is 102 Å². The van der Waals surface area contributed by atoms with Crippen LogP contribution in [0.2, 0.25) is 0 Å². The van der Waals surface area contributed by atoms with Crippen LogP contribution < -0.4 is 4.74 Å². The van der Waals surface area contributed by atoms with E-state index in [0.717, 1.165) is 38.2 Å². The number of ether oxygens (including phenoxy) is 1. The van der Waals surface area contributed by atoms with E-state index >= 15 is 4.39 Å². The van der Waals surface area contributed by atoms with Gasteiger partial charge in [-0.1, -0.05) is 13.8 Å². The maximum atomic E-state index is 15.4. The van der Waals surface area contributed by atoms with Gasteiger partial charge in [-0.2, -0.15) is 26.3 Å². The Labute approximate surface area is 229 Å². The summed E-state index contributed by atoms with van der Waals surface area (Å²) in [5.41, 5.74) is -5.23. The summed E-state index contributed by atoms with van der Waals surface area (Å²) in [5.74, 6) is -0.398. The largest absolute Gasteiger partial charge is 0.493 e. The molecule has 5 rings (SSSR count). The molecule has 4 nitrogen and oxygen atoms in total. The summed E-state index contributed by atoms with van der Waals surface area (Å²) in [6.07, 6.45) is -6.16. The fourth-order valence-electron chi connectivity index (χ4n) is 8.03. The number of alkyl halides is 6. The molecule has 3 aliphatic carbocycles. The molecule has 2 unspecified atom stereocenters. The molecule has 4 aliphatic rings. The van der Waals surface area contributed by atoms with Crippen LogP contribution in [0.15, 0.2) is 12.1 Å². The monoisotopic (exact) mass is 579 g/mol. The van der Waals surface area contributed by atoms with Crippen molar-refractivity contribution in [3.63, 3.8) is 0 Å². The second-order valence-electron chi connectivity index (χ2n) is 13.0. The van der Waals surface area contributed by atoms with Crippen molar-refractivity contribution in [1.29, 1.82) is 0 Å². The molecule has 0 aromatic heterocycles. The third-order valence-electron chi connectivity index (χ3n) is 9.50. The van der Waals surface area contributed by atoms with Crippen molar-refractivity contribution in [2.75, 3.05) is 13.2 Å². The van der Waals surface area contributed by atoms with Gasteiger partial charge < -0.3 is 14.7 Å². The second-order valence-corrected chi connectivity index (χ2v) is 13.0. The summed E-state index contributed by atoms with van der Waals surface area (Å²) in [5, 5.41) is 9.96. The van der Waals surface area contributed by atoms with E-state index in [4.69, 9.17) is 4.74 Å². The number of amides is 1. The summed E-state index contributed by atoms with van der Waals surface area (Å²) < 4.78 is 103. The fourth-order valence-corrected chi connectivity index (χ4v) is 8.03. The number of hydrogen-bond donors (Lipinski definition) is 1. The molecule has 1 aliphatic heterocycles. The number of hydrogen-bond acceptors (Lipinski definition) is 3. The van der Waals surface area contributed by atoms with E-state index in [1.165, 1.54) is 18.9 Å². The smallest absolute Gasteiger partial charge is 0.428 e. The minimum absolute atomic E-state index is 0.0281. The molecule has 3 atom stereocenters. The number of rotatable bonds is 6. The van der Waals surface area contributed by atoms with E-state index in [2.05, 4.69) is 13.8 Å². The second kappa shape index (κ2) is 10.1. The zero-order valence-corrected chi connectivity index (χ0v) is 22.7. The average molecular weight is 580 g/mol. The van der Waals surface area contributed by atoms with Crippen LogP contribution in [0.5, 0.6) is 5.75 Å². The predicted molar refractivity (Wildman–Crippen MR) is 132 cm³/mol. The Bertz CT molecular complexity index is 1100. The van der Waals surface area contributed by atoms with Gasteiger partial charge in [0.05, 0.1) is 18.2 Å². The molecule has 0 radical (unpaired) electrons. The summed E-state index contributed by atoms with van der Waals surface area (Å²) >= 11 is 0. The van der Waals surface area contributed by atoms with Crippen LogP contribution in [0.1, 0.15) is 93.5 Å². The van der Waals surface area contributed by atoms with E-state index in [9.17, 15) is 36.2 Å². The van der Waals surface area contributed by atoms with Crippen molar-refractivity contribution in [2.24, 2.45) is 23.2 Å². The summed E-state index contributed by atoms with van der Waals surface area (Å²) in [7, 11) is 0. The highest BCUT2D eigenvalue weighted by atomic mass is 19.4. The molecule has 1 heterocycles. The minimum atomic E-state index is -6.08. The zero-order chi connectivity index (χ0) is 29.3. The molecular weight excluding hydrogens is 543 g/mol. The van der Waals surface area contributed by atoms with Crippen LogP contribution in [-0.4, -0.2) is 53.1 Å². The number of benzene rings is 1. The van der Waals surface area contributed by atoms with Gasteiger partial charge in [0, 0.05) is 18.0 Å². The first kappa shape index (κ1) is 29.5. The Morgan fingerprint density at radius 1 is 1.00 bits per heavy atom. The van der Waals surface area contributed by atoms with E-state index in [0.29, 0.717) is 34.8 Å². The van der Waals surface area contributed by atoms with Crippen LogP contribution in [0.3, 0.4) is 0 Å². The van der Waals surface area contributed by atoms with Crippen molar-refractivity contribution in [1.82, 2.24) is 4.90 Å². The van der Waals surface area contributed by atoms with E-state index in [1.54, 1.807) is 0 Å². The molecule has 2 bridgehead atoms. The van der Waals surface area contributed by atoms with Crippen LogP contribution in [0.4, 0.5) is 30.7 Å². The van der Waals surface area contributed by atoms with Crippen molar-refractivity contribution >= 4 is 5.91 Å². The minimum Gasteiger partial charge on any atom is -0.493 e. The van der Waals surface area contributed by atoms with Gasteiger partial charge in [-0.15, -0.1) is 0 Å². The van der Waals surface area contributed by atoms with Gasteiger partial charge in [0.2, 0.25) is 0 Å². The first-order valence-electron chi connectivity index (χ1n) is 14.2. The van der Waals surface area contributed by atoms with Crippen LogP contribution in [-0.2, 0) is 0 Å². The highest BCUT2D eigenvalue weighted by molar-refractivity contribution is 5.95. The topological polar surface area (TPSA) is 49.8 Å². The summed E-state index contributed by atoms with van der Waals surface area (Å²) in [6, 6.07) is -0.334. The SMILES string of the molecule is CC1CC2CC(C)CC(COc3cc(F)c(C(=O)N4CCC[C@H]4C(O)(C(F)(F)F)C(F)(F)F)cc3C3CC3)(C1)C2. The maximum Gasteiger partial charge on any atom is 0.428 e. The van der Waals surface area contributed by atoms with Crippen LogP contribution in [0.25, 0.3) is 0 Å². The van der Waals surface area contributed by atoms with Crippen molar-refractivity contribution < 1.29 is 45.4 Å². The number of nitrogens with zero attached hydrogens (tertiary/aromatic N) is 1. The summed E-state index contributed by atoms with van der Waals surface area (Å²) in [6.45, 7) is 4.39. The predicted octanol–water partition coefficient (Wildman–Crippen LogP) is 7.39. The number of aliphatic hydroxyl groups is 1. The van der Waals surface area contributed by atoms with Crippen LogP contribution in [0, 0.1) is 29.0 Å². The summed E-state index contributed by atoms with van der Waals surface area (Å²) in [4.78, 5) is 13.6. The number of fused-ring (bicyclic) bond motifs is 2. The molecule has 4 fully saturated rings. The molecule has 1 aromatic carbocycles. The lowest BCUT2D eigenvalue weighted by atomic mass is 9.57. The normalized spacial score (nSPS) is 31.4. The van der Waals surface area contributed by atoms with E-state index in [-0.39, 0.29) is 23.5 Å². The highest BCUT2D eigenvalue weighted by Gasteiger charge is 2.75. The molecule has 1 N–H and O–H groups in total. The molecule has 1 saturated heterocycles. The number of carbonyl (C=O) groups is 1. The van der Waals surface area contributed by atoms with Gasteiger partial charge >= 0.3 is 12.4 Å². The Kier molecular flexibility index (Phi) is 7.40. The Hall–Kier alpha value is -2.04. The number of carbonyl (C=O) groups excluding carboxylic acids is 1. The molecule has 1 aromatic rings. The molecule has 40 heavy (non-hydrogen) atoms. The maximum absolute atomic E-state index is 15.4. The standard InChI is InChI=1S/C29H36F7NO3/c1-16-8-18-9-17(2)13-26(12-16,14-18)15-40-23-11-22(30)21(10-20(23)19-5-6-19)25(38)37-7-3-4-24(37)27(39,28(31,32)33)29(34,35)36/h10-11,16-19,24,39H,3-9,12-15H2,1-2H3/t16?,17?,18?,24-,26?/m0/s1.